The second-order valence-electron chi connectivity index (χ2n) is 9.55. The summed E-state index contributed by atoms with van der Waals surface area (Å²) < 4.78 is 0. The summed E-state index contributed by atoms with van der Waals surface area (Å²) in [5.74, 6) is 0. The van der Waals surface area contributed by atoms with Gasteiger partial charge in [0.25, 0.3) is 0 Å². The van der Waals surface area contributed by atoms with Gasteiger partial charge in [0.1, 0.15) is 0 Å². The number of hydrogen-bond donors (Lipinski definition) is 0. The van der Waals surface area contributed by atoms with Crippen LogP contribution in [0.5, 0.6) is 0 Å². The number of pyridine rings is 2. The average Bonchev–Trinajstić information content (AvgIpc) is 2.92. The summed E-state index contributed by atoms with van der Waals surface area (Å²) in [7, 11) is 0. The lowest BCUT2D eigenvalue weighted by molar-refractivity contribution is 0.641. The number of hydrogen-bond acceptors (Lipinski definition) is 2. The van der Waals surface area contributed by atoms with Gasteiger partial charge in [-0.05, 0) is 46.2 Å². The summed E-state index contributed by atoms with van der Waals surface area (Å²) in [4.78, 5) is 9.50. The van der Waals surface area contributed by atoms with E-state index in [-0.39, 0.29) is 5.41 Å². The zero-order valence-corrected chi connectivity index (χ0v) is 19.9. The maximum absolute atomic E-state index is 4.75. The average molecular weight is 451 g/mol. The van der Waals surface area contributed by atoms with Crippen LogP contribution < -0.4 is 0 Å². The van der Waals surface area contributed by atoms with Gasteiger partial charge in [-0.3, -0.25) is 9.97 Å². The largest absolute Gasteiger partial charge is 0.256 e. The molecule has 35 heavy (non-hydrogen) atoms. The first-order chi connectivity index (χ1) is 17.1. The minimum atomic E-state index is -0.193. The molecule has 0 fully saturated rings. The molecule has 4 aromatic carbocycles. The van der Waals surface area contributed by atoms with Crippen LogP contribution in [0.25, 0.3) is 44.1 Å². The molecular formula is C33H26N2. The molecule has 0 radical (unpaired) electrons. The molecule has 0 aliphatic carbocycles. The molecule has 0 saturated heterocycles. The van der Waals surface area contributed by atoms with E-state index in [4.69, 9.17) is 9.97 Å². The highest BCUT2D eigenvalue weighted by Gasteiger charge is 2.24. The van der Waals surface area contributed by atoms with Crippen molar-refractivity contribution < 1.29 is 0 Å². The monoisotopic (exact) mass is 450 g/mol. The molecular weight excluding hydrogens is 424 g/mol. The number of benzene rings is 4. The molecule has 0 unspecified atom stereocenters. The molecule has 6 aromatic rings. The van der Waals surface area contributed by atoms with Crippen molar-refractivity contribution >= 4 is 21.5 Å². The van der Waals surface area contributed by atoms with Crippen molar-refractivity contribution in [2.75, 3.05) is 0 Å². The van der Waals surface area contributed by atoms with Gasteiger partial charge in [-0.15, -0.1) is 0 Å². The molecule has 0 saturated carbocycles. The molecule has 0 aliphatic rings. The quantitative estimate of drug-likeness (QED) is 0.269. The Kier molecular flexibility index (Phi) is 5.15. The summed E-state index contributed by atoms with van der Waals surface area (Å²) in [5, 5.41) is 4.76. The van der Waals surface area contributed by atoms with Gasteiger partial charge >= 0.3 is 0 Å². The Morgan fingerprint density at radius 3 is 1.43 bits per heavy atom. The van der Waals surface area contributed by atoms with E-state index < -0.39 is 0 Å². The minimum Gasteiger partial charge on any atom is -0.256 e. The first-order valence-corrected chi connectivity index (χ1v) is 12.0. The maximum Gasteiger partial charge on any atom is 0.0780 e. The summed E-state index contributed by atoms with van der Waals surface area (Å²) in [6.07, 6.45) is 3.80. The Labute approximate surface area is 206 Å². The third-order valence-corrected chi connectivity index (χ3v) is 7.06. The molecule has 0 N–H and O–H groups in total. The van der Waals surface area contributed by atoms with Crippen molar-refractivity contribution in [3.05, 3.63) is 133 Å². The van der Waals surface area contributed by atoms with Crippen LogP contribution in [0.3, 0.4) is 0 Å². The Morgan fingerprint density at radius 1 is 0.486 bits per heavy atom. The number of nitrogens with zero attached hydrogens (tertiary/aromatic N) is 2. The van der Waals surface area contributed by atoms with Crippen molar-refractivity contribution in [1.29, 1.82) is 0 Å². The highest BCUT2D eigenvalue weighted by atomic mass is 14.7. The zero-order valence-electron chi connectivity index (χ0n) is 19.9. The molecule has 0 aliphatic heterocycles. The van der Waals surface area contributed by atoms with E-state index in [2.05, 4.69) is 123 Å². The third kappa shape index (κ3) is 3.77. The van der Waals surface area contributed by atoms with Gasteiger partial charge in [-0.2, -0.15) is 0 Å². The molecule has 0 spiro atoms. The lowest BCUT2D eigenvalue weighted by Crippen LogP contribution is -2.19. The smallest absolute Gasteiger partial charge is 0.0780 e. The molecule has 0 bridgehead atoms. The Bertz CT molecular complexity index is 1540. The predicted molar refractivity (Wildman–Crippen MR) is 146 cm³/mol. The van der Waals surface area contributed by atoms with Crippen molar-refractivity contribution in [1.82, 2.24) is 9.97 Å². The molecule has 0 atom stereocenters. The van der Waals surface area contributed by atoms with Crippen LogP contribution in [-0.4, -0.2) is 9.97 Å². The van der Waals surface area contributed by atoms with Crippen LogP contribution in [0.2, 0.25) is 0 Å². The van der Waals surface area contributed by atoms with Crippen LogP contribution in [0.15, 0.2) is 122 Å². The Hall–Kier alpha value is -4.30. The minimum absolute atomic E-state index is 0.193. The lowest BCUT2D eigenvalue weighted by Gasteiger charge is -2.27. The first kappa shape index (κ1) is 21.2. The van der Waals surface area contributed by atoms with E-state index in [1.165, 1.54) is 32.7 Å². The van der Waals surface area contributed by atoms with Gasteiger partial charge in [-0.25, -0.2) is 0 Å². The molecule has 6 rings (SSSR count). The van der Waals surface area contributed by atoms with Crippen LogP contribution in [0, 0.1) is 0 Å². The fourth-order valence-corrected chi connectivity index (χ4v) is 4.98. The topological polar surface area (TPSA) is 25.8 Å². The van der Waals surface area contributed by atoms with Crippen molar-refractivity contribution in [3.63, 3.8) is 0 Å². The van der Waals surface area contributed by atoms with Gasteiger partial charge in [0.05, 0.1) is 11.4 Å². The van der Waals surface area contributed by atoms with Crippen LogP contribution in [0.4, 0.5) is 0 Å². The van der Waals surface area contributed by atoms with E-state index in [0.717, 1.165) is 22.5 Å². The number of fused-ring (bicyclic) bond motifs is 2. The van der Waals surface area contributed by atoms with Crippen LogP contribution in [-0.2, 0) is 5.41 Å². The van der Waals surface area contributed by atoms with E-state index >= 15 is 0 Å². The van der Waals surface area contributed by atoms with Gasteiger partial charge in [0.15, 0.2) is 0 Å². The fraction of sp³-hybridized carbons (Fsp3) is 0.0909. The van der Waals surface area contributed by atoms with Crippen molar-refractivity contribution in [2.24, 2.45) is 0 Å². The molecule has 2 nitrogen and oxygen atoms in total. The molecule has 2 aromatic heterocycles. The number of rotatable bonds is 4. The second kappa shape index (κ2) is 8.48. The van der Waals surface area contributed by atoms with Gasteiger partial charge in [0.2, 0.25) is 0 Å². The van der Waals surface area contributed by atoms with E-state index in [1.54, 1.807) is 0 Å². The standard InChI is InChI=1S/C33H26N2/c1-33(2,27-13-7-11-25(21-27)31-29-15-5-3-9-23(29)17-19-34-31)28-14-8-12-26(22-28)32-30-16-6-4-10-24(30)18-20-35-32/h3-22H,1-2H3. The third-order valence-electron chi connectivity index (χ3n) is 7.06. The van der Waals surface area contributed by atoms with Crippen LogP contribution in [0.1, 0.15) is 25.0 Å². The molecule has 168 valence electrons. The fourth-order valence-electron chi connectivity index (χ4n) is 4.98. The zero-order chi connectivity index (χ0) is 23.8. The Morgan fingerprint density at radius 2 is 0.943 bits per heavy atom. The maximum atomic E-state index is 4.75. The first-order valence-electron chi connectivity index (χ1n) is 12.0. The summed E-state index contributed by atoms with van der Waals surface area (Å²) in [5.41, 5.74) is 6.64. The van der Waals surface area contributed by atoms with E-state index in [1.807, 2.05) is 12.4 Å². The lowest BCUT2D eigenvalue weighted by atomic mass is 9.77. The van der Waals surface area contributed by atoms with Crippen molar-refractivity contribution in [3.8, 4) is 22.5 Å². The highest BCUT2D eigenvalue weighted by molar-refractivity contribution is 5.95. The second-order valence-corrected chi connectivity index (χ2v) is 9.55. The van der Waals surface area contributed by atoms with Crippen LogP contribution >= 0.6 is 0 Å². The van der Waals surface area contributed by atoms with Gasteiger partial charge in [-0.1, -0.05) is 98.8 Å². The molecule has 0 amide bonds. The van der Waals surface area contributed by atoms with Gasteiger partial charge < -0.3 is 0 Å². The summed E-state index contributed by atoms with van der Waals surface area (Å²) >= 11 is 0. The SMILES string of the molecule is CC(C)(c1cccc(-c2nccc3ccccc23)c1)c1cccc(-c2nccc3ccccc23)c1. The highest BCUT2D eigenvalue weighted by Crippen LogP contribution is 2.37. The predicted octanol–water partition coefficient (Wildman–Crippen LogP) is 8.44. The van der Waals surface area contributed by atoms with E-state index in [0.29, 0.717) is 0 Å². The Balaban J connectivity index is 1.44. The van der Waals surface area contributed by atoms with Gasteiger partial charge in [0, 0.05) is 39.7 Å². The van der Waals surface area contributed by atoms with E-state index in [9.17, 15) is 0 Å². The summed E-state index contributed by atoms with van der Waals surface area (Å²) in [6, 6.07) is 38.6. The normalized spacial score (nSPS) is 11.7. The number of aromatic nitrogens is 2. The molecule has 2 heterocycles. The summed E-state index contributed by atoms with van der Waals surface area (Å²) in [6.45, 7) is 4.58. The molecule has 2 heteroatoms. The van der Waals surface area contributed by atoms with Crippen molar-refractivity contribution in [2.45, 2.75) is 19.3 Å².